The number of hydrogen-bond acceptors (Lipinski definition) is 6. The van der Waals surface area contributed by atoms with Gasteiger partial charge in [0, 0.05) is 23.0 Å². The molecule has 1 fully saturated rings. The highest BCUT2D eigenvalue weighted by Crippen LogP contribution is 2.43. The van der Waals surface area contributed by atoms with Crippen LogP contribution in [0.2, 0.25) is 0 Å². The molecule has 6 nitrogen and oxygen atoms in total. The van der Waals surface area contributed by atoms with E-state index in [1.165, 1.54) is 7.11 Å². The largest absolute Gasteiger partial charge is 0.511 e. The Kier molecular flexibility index (Phi) is 6.25. The van der Waals surface area contributed by atoms with E-state index in [4.69, 9.17) is 9.47 Å². The summed E-state index contributed by atoms with van der Waals surface area (Å²) in [6, 6.07) is 8.66. The second-order valence-corrected chi connectivity index (χ2v) is 8.15. The third-order valence-electron chi connectivity index (χ3n) is 6.12. The molecule has 0 radical (unpaired) electrons. The number of aromatic nitrogens is 1. The van der Waals surface area contributed by atoms with E-state index in [2.05, 4.69) is 4.98 Å². The van der Waals surface area contributed by atoms with Gasteiger partial charge in [-0.25, -0.2) is 4.98 Å². The number of alkyl halides is 3. The molecule has 1 N–H and O–H groups in total. The van der Waals surface area contributed by atoms with Gasteiger partial charge < -0.3 is 14.6 Å². The van der Waals surface area contributed by atoms with Gasteiger partial charge in [-0.05, 0) is 37.5 Å². The van der Waals surface area contributed by atoms with Crippen LogP contribution in [0, 0.1) is 11.8 Å². The molecule has 2 unspecified atom stereocenters. The summed E-state index contributed by atoms with van der Waals surface area (Å²) in [6.45, 7) is -0.398. The summed E-state index contributed by atoms with van der Waals surface area (Å²) >= 11 is 0. The average molecular weight is 461 g/mol. The number of aliphatic hydroxyl groups is 1. The molecule has 1 aromatic carbocycles. The number of para-hydroxylation sites is 1. The van der Waals surface area contributed by atoms with E-state index < -0.39 is 30.0 Å². The smallest absolute Gasteiger partial charge is 0.433 e. The third kappa shape index (κ3) is 4.50. The molecule has 4 rings (SSSR count). The molecule has 0 spiro atoms. The summed E-state index contributed by atoms with van der Waals surface area (Å²) in [7, 11) is 1.48. The maximum atomic E-state index is 13.3. The highest BCUT2D eigenvalue weighted by atomic mass is 19.4. The summed E-state index contributed by atoms with van der Waals surface area (Å²) in [5.74, 6) is -1.65. The number of ether oxygens (including phenoxy) is 2. The van der Waals surface area contributed by atoms with E-state index in [0.29, 0.717) is 36.6 Å². The van der Waals surface area contributed by atoms with Crippen LogP contribution >= 0.6 is 0 Å². The van der Waals surface area contributed by atoms with E-state index in [9.17, 15) is 27.9 Å². The number of nitrogens with zero attached hydrogens (tertiary/aromatic N) is 1. The Bertz CT molecular complexity index is 1130. The van der Waals surface area contributed by atoms with Crippen molar-refractivity contribution < 1.29 is 37.3 Å². The fourth-order valence-corrected chi connectivity index (χ4v) is 4.42. The number of aliphatic hydroxyl groups excluding tert-OH is 1. The minimum Gasteiger partial charge on any atom is -0.511 e. The van der Waals surface area contributed by atoms with Gasteiger partial charge in [0.1, 0.15) is 22.8 Å². The van der Waals surface area contributed by atoms with Gasteiger partial charge in [-0.3, -0.25) is 9.59 Å². The van der Waals surface area contributed by atoms with Crippen LogP contribution in [-0.2, 0) is 28.9 Å². The first-order valence-electron chi connectivity index (χ1n) is 10.5. The Labute approximate surface area is 188 Å². The molecule has 2 atom stereocenters. The van der Waals surface area contributed by atoms with Crippen molar-refractivity contribution in [1.82, 2.24) is 4.98 Å². The summed E-state index contributed by atoms with van der Waals surface area (Å²) < 4.78 is 50.6. The quantitative estimate of drug-likeness (QED) is 0.470. The zero-order valence-corrected chi connectivity index (χ0v) is 17.8. The molecule has 174 valence electrons. The molecule has 1 aromatic heterocycles. The van der Waals surface area contributed by atoms with Crippen molar-refractivity contribution in [3.05, 3.63) is 70.2 Å². The zero-order valence-electron chi connectivity index (χ0n) is 17.8. The first-order valence-corrected chi connectivity index (χ1v) is 10.5. The minimum absolute atomic E-state index is 0.00654. The van der Waals surface area contributed by atoms with Gasteiger partial charge in [-0.2, -0.15) is 13.2 Å². The molecule has 1 heterocycles. The van der Waals surface area contributed by atoms with Gasteiger partial charge >= 0.3 is 6.18 Å². The van der Waals surface area contributed by atoms with Crippen molar-refractivity contribution in [3.8, 4) is 5.75 Å². The second-order valence-electron chi connectivity index (χ2n) is 8.15. The number of hydrogen-bond donors (Lipinski definition) is 1. The van der Waals surface area contributed by atoms with E-state index in [0.717, 1.165) is 6.07 Å². The topological polar surface area (TPSA) is 85.7 Å². The molecule has 0 aliphatic heterocycles. The van der Waals surface area contributed by atoms with Gasteiger partial charge in [0.2, 0.25) is 5.78 Å². The fourth-order valence-electron chi connectivity index (χ4n) is 4.42. The Morgan fingerprint density at radius 2 is 1.85 bits per heavy atom. The van der Waals surface area contributed by atoms with Gasteiger partial charge in [0.15, 0.2) is 5.78 Å². The van der Waals surface area contributed by atoms with Gasteiger partial charge in [-0.15, -0.1) is 0 Å². The van der Waals surface area contributed by atoms with E-state index in [1.54, 1.807) is 24.3 Å². The molecule has 2 aliphatic carbocycles. The van der Waals surface area contributed by atoms with Crippen molar-refractivity contribution in [2.45, 2.75) is 38.7 Å². The van der Waals surface area contributed by atoms with Crippen LogP contribution in [0.5, 0.6) is 5.75 Å². The lowest BCUT2D eigenvalue weighted by Crippen LogP contribution is -2.28. The van der Waals surface area contributed by atoms with Crippen molar-refractivity contribution in [3.63, 3.8) is 0 Å². The molecular formula is C24H22F3NO5. The Hall–Kier alpha value is -3.20. The van der Waals surface area contributed by atoms with Crippen LogP contribution in [0.25, 0.3) is 0 Å². The predicted molar refractivity (Wildman–Crippen MR) is 111 cm³/mol. The number of allylic oxidation sites excluding steroid dienone is 2. The van der Waals surface area contributed by atoms with Crippen LogP contribution < -0.4 is 4.74 Å². The number of Topliss-reactive ketones (excluding diaryl/α,β-unsaturated/α-hetero) is 2. The Morgan fingerprint density at radius 1 is 1.12 bits per heavy atom. The normalized spacial score (nSPS) is 20.3. The third-order valence-corrected chi connectivity index (χ3v) is 6.12. The Balaban J connectivity index is 1.64. The number of carbonyl (C=O) groups is 2. The van der Waals surface area contributed by atoms with Crippen LogP contribution in [0.15, 0.2) is 47.7 Å². The Morgan fingerprint density at radius 3 is 2.58 bits per heavy atom. The lowest BCUT2D eigenvalue weighted by atomic mass is 9.83. The first kappa shape index (κ1) is 23.0. The monoisotopic (exact) mass is 461 g/mol. The van der Waals surface area contributed by atoms with E-state index in [1.807, 2.05) is 0 Å². The fraction of sp³-hybridized carbons (Fsp3) is 0.375. The minimum atomic E-state index is -4.72. The number of halogens is 3. The van der Waals surface area contributed by atoms with Gasteiger partial charge in [0.25, 0.3) is 0 Å². The summed E-state index contributed by atoms with van der Waals surface area (Å²) in [5.41, 5.74) is -1.31. The number of carbonyl (C=O) groups excluding carboxylic acids is 2. The van der Waals surface area contributed by atoms with Crippen molar-refractivity contribution in [2.24, 2.45) is 11.8 Å². The molecule has 1 saturated carbocycles. The van der Waals surface area contributed by atoms with Crippen molar-refractivity contribution >= 4 is 11.6 Å². The first-order chi connectivity index (χ1) is 15.7. The molecule has 2 bridgehead atoms. The second kappa shape index (κ2) is 8.97. The molecule has 9 heteroatoms. The number of fused-ring (bicyclic) bond motifs is 2. The predicted octanol–water partition coefficient (Wildman–Crippen LogP) is 4.82. The van der Waals surface area contributed by atoms with Crippen LogP contribution in [0.4, 0.5) is 13.2 Å². The standard InChI is InChI=1S/C24H22F3NO5/c1-32-18-5-3-2-4-15(18)11-33-12-17-16(8-9-19(28-17)24(25,26)27)23(31)20-21(29)13-6-7-14(10-13)22(20)30/h2-5,8-9,13-14,29H,6-7,10-12H2,1H3. The van der Waals surface area contributed by atoms with Crippen molar-refractivity contribution in [2.75, 3.05) is 7.11 Å². The van der Waals surface area contributed by atoms with Crippen LogP contribution in [0.3, 0.4) is 0 Å². The van der Waals surface area contributed by atoms with E-state index in [-0.39, 0.29) is 41.0 Å². The highest BCUT2D eigenvalue weighted by molar-refractivity contribution is 6.28. The number of methoxy groups -OCH3 is 1. The van der Waals surface area contributed by atoms with Crippen LogP contribution in [0.1, 0.15) is 46.6 Å². The average Bonchev–Trinajstić information content (AvgIpc) is 3.25. The lowest BCUT2D eigenvalue weighted by Gasteiger charge is -2.21. The lowest BCUT2D eigenvalue weighted by molar-refractivity contribution is -0.141. The molecular weight excluding hydrogens is 439 g/mol. The van der Waals surface area contributed by atoms with Crippen LogP contribution in [-0.4, -0.2) is 28.8 Å². The number of pyridine rings is 1. The summed E-state index contributed by atoms with van der Waals surface area (Å²) in [4.78, 5) is 29.6. The summed E-state index contributed by atoms with van der Waals surface area (Å²) in [6.07, 6.45) is -3.06. The highest BCUT2D eigenvalue weighted by Gasteiger charge is 2.44. The number of ketones is 2. The molecule has 33 heavy (non-hydrogen) atoms. The number of rotatable bonds is 7. The van der Waals surface area contributed by atoms with Gasteiger partial charge in [0.05, 0.1) is 26.0 Å². The number of benzene rings is 1. The molecule has 0 saturated heterocycles. The van der Waals surface area contributed by atoms with Gasteiger partial charge in [-0.1, -0.05) is 18.2 Å². The maximum Gasteiger partial charge on any atom is 0.433 e. The SMILES string of the molecule is COc1ccccc1COCc1nc(C(F)(F)F)ccc1C(=O)C1=C(O)C2CCC(C2)C1=O. The summed E-state index contributed by atoms with van der Waals surface area (Å²) in [5, 5.41) is 10.5. The van der Waals surface area contributed by atoms with E-state index >= 15 is 0 Å². The zero-order chi connectivity index (χ0) is 23.8. The molecule has 2 aliphatic rings. The van der Waals surface area contributed by atoms with Crippen molar-refractivity contribution in [1.29, 1.82) is 0 Å². The molecule has 2 aromatic rings. The molecule has 0 amide bonds. The maximum absolute atomic E-state index is 13.3.